The molecule has 5 nitrogen and oxygen atoms in total. The van der Waals surface area contributed by atoms with Gasteiger partial charge < -0.3 is 5.32 Å². The fourth-order valence-corrected chi connectivity index (χ4v) is 2.64. The number of carbonyl (C=O) groups is 1. The fourth-order valence-electron chi connectivity index (χ4n) is 2.64. The van der Waals surface area contributed by atoms with Gasteiger partial charge in [0.1, 0.15) is 0 Å². The number of nitrogens with one attached hydrogen (secondary N) is 1. The van der Waals surface area contributed by atoms with Crippen LogP contribution in [0.2, 0.25) is 0 Å². The Bertz CT molecular complexity index is 655. The topological polar surface area (TPSA) is 50.2 Å². The maximum Gasteiger partial charge on any atom is 0.238 e. The molecule has 0 spiro atoms. The molecule has 1 heterocycles. The van der Waals surface area contributed by atoms with Crippen LogP contribution in [-0.4, -0.2) is 34.2 Å². The Kier molecular flexibility index (Phi) is 4.98. The van der Waals surface area contributed by atoms with Crippen LogP contribution in [0.25, 0.3) is 0 Å². The predicted octanol–water partition coefficient (Wildman–Crippen LogP) is 2.42. The van der Waals surface area contributed by atoms with Crippen LogP contribution in [0, 0.1) is 20.8 Å². The van der Waals surface area contributed by atoms with Gasteiger partial charge in [-0.2, -0.15) is 5.10 Å². The van der Waals surface area contributed by atoms with Gasteiger partial charge in [0.2, 0.25) is 5.91 Å². The minimum atomic E-state index is -0.00552. The molecule has 0 aliphatic heterocycles. The highest BCUT2D eigenvalue weighted by Crippen LogP contribution is 2.14. The van der Waals surface area contributed by atoms with Crippen molar-refractivity contribution in [3.05, 3.63) is 46.8 Å². The first-order valence-electron chi connectivity index (χ1n) is 7.39. The van der Waals surface area contributed by atoms with Gasteiger partial charge in [-0.25, -0.2) is 0 Å². The third-order valence-corrected chi connectivity index (χ3v) is 3.47. The summed E-state index contributed by atoms with van der Waals surface area (Å²) in [5.41, 5.74) is 5.30. The molecule has 0 saturated heterocycles. The number of rotatable bonds is 5. The number of amides is 1. The summed E-state index contributed by atoms with van der Waals surface area (Å²) in [6, 6.07) is 6.05. The van der Waals surface area contributed by atoms with E-state index >= 15 is 0 Å². The zero-order chi connectivity index (χ0) is 16.3. The monoisotopic (exact) mass is 300 g/mol. The lowest BCUT2D eigenvalue weighted by molar-refractivity contribution is -0.117. The summed E-state index contributed by atoms with van der Waals surface area (Å²) in [5, 5.41) is 7.28. The molecule has 2 rings (SSSR count). The maximum absolute atomic E-state index is 12.2. The van der Waals surface area contributed by atoms with E-state index in [-0.39, 0.29) is 5.91 Å². The normalized spacial score (nSPS) is 11.0. The molecule has 0 aliphatic rings. The van der Waals surface area contributed by atoms with Crippen molar-refractivity contribution in [2.75, 3.05) is 18.9 Å². The van der Waals surface area contributed by atoms with Gasteiger partial charge in [-0.15, -0.1) is 0 Å². The van der Waals surface area contributed by atoms with E-state index in [1.54, 1.807) is 4.68 Å². The highest BCUT2D eigenvalue weighted by Gasteiger charge is 2.11. The van der Waals surface area contributed by atoms with E-state index in [4.69, 9.17) is 0 Å². The van der Waals surface area contributed by atoms with Gasteiger partial charge in [0, 0.05) is 31.0 Å². The van der Waals surface area contributed by atoms with Crippen molar-refractivity contribution in [2.45, 2.75) is 27.3 Å². The van der Waals surface area contributed by atoms with Crippen molar-refractivity contribution in [2.24, 2.45) is 7.05 Å². The largest absolute Gasteiger partial charge is 0.325 e. The predicted molar refractivity (Wildman–Crippen MR) is 88.8 cm³/mol. The van der Waals surface area contributed by atoms with Crippen molar-refractivity contribution in [1.82, 2.24) is 14.7 Å². The molecule has 1 N–H and O–H groups in total. The van der Waals surface area contributed by atoms with Gasteiger partial charge in [-0.3, -0.25) is 14.4 Å². The van der Waals surface area contributed by atoms with E-state index in [1.807, 2.05) is 58.1 Å². The minimum Gasteiger partial charge on any atom is -0.325 e. The van der Waals surface area contributed by atoms with Crippen molar-refractivity contribution in [3.63, 3.8) is 0 Å². The summed E-state index contributed by atoms with van der Waals surface area (Å²) in [6.45, 7) is 7.10. The summed E-state index contributed by atoms with van der Waals surface area (Å²) >= 11 is 0. The summed E-state index contributed by atoms with van der Waals surface area (Å²) in [5.74, 6) is -0.00552. The lowest BCUT2D eigenvalue weighted by Crippen LogP contribution is -2.30. The third kappa shape index (κ3) is 4.43. The van der Waals surface area contributed by atoms with Crippen LogP contribution < -0.4 is 5.32 Å². The van der Waals surface area contributed by atoms with Crippen molar-refractivity contribution in [1.29, 1.82) is 0 Å². The van der Waals surface area contributed by atoms with Gasteiger partial charge in [-0.05, 0) is 51.1 Å². The fraction of sp³-hybridized carbons (Fsp3) is 0.412. The quantitative estimate of drug-likeness (QED) is 0.922. The Hall–Kier alpha value is -2.14. The molecule has 1 aromatic carbocycles. The van der Waals surface area contributed by atoms with Crippen molar-refractivity contribution in [3.8, 4) is 0 Å². The molecule has 2 aromatic rings. The molecule has 1 amide bonds. The third-order valence-electron chi connectivity index (χ3n) is 3.47. The average Bonchev–Trinajstić information content (AvgIpc) is 2.65. The molecule has 0 unspecified atom stereocenters. The second-order valence-electron chi connectivity index (χ2n) is 6.01. The highest BCUT2D eigenvalue weighted by atomic mass is 16.2. The zero-order valence-corrected chi connectivity index (χ0v) is 14.0. The maximum atomic E-state index is 12.2. The zero-order valence-electron chi connectivity index (χ0n) is 14.0. The molecule has 1 aromatic heterocycles. The van der Waals surface area contributed by atoms with E-state index in [9.17, 15) is 4.79 Å². The first kappa shape index (κ1) is 16.2. The number of likely N-dealkylation sites (N-methyl/N-ethyl adjacent to an activating group) is 1. The summed E-state index contributed by atoms with van der Waals surface area (Å²) in [4.78, 5) is 14.1. The smallest absolute Gasteiger partial charge is 0.238 e. The Morgan fingerprint density at radius 3 is 2.41 bits per heavy atom. The Labute approximate surface area is 131 Å². The van der Waals surface area contributed by atoms with Crippen molar-refractivity contribution >= 4 is 11.6 Å². The van der Waals surface area contributed by atoms with Crippen LogP contribution in [0.1, 0.15) is 22.4 Å². The first-order valence-corrected chi connectivity index (χ1v) is 7.39. The molecule has 5 heteroatoms. The lowest BCUT2D eigenvalue weighted by Gasteiger charge is -2.16. The molecule has 0 radical (unpaired) electrons. The highest BCUT2D eigenvalue weighted by molar-refractivity contribution is 5.92. The second-order valence-corrected chi connectivity index (χ2v) is 6.01. The lowest BCUT2D eigenvalue weighted by atomic mass is 10.1. The molecule has 0 aliphatic carbocycles. The molecule has 0 fully saturated rings. The SMILES string of the molecule is Cc1cc(C)cc(NC(=O)CN(C)Cc2cn(C)nc2C)c1. The Morgan fingerprint density at radius 2 is 1.86 bits per heavy atom. The van der Waals surface area contributed by atoms with E-state index in [0.29, 0.717) is 13.1 Å². The summed E-state index contributed by atoms with van der Waals surface area (Å²) in [6.07, 6.45) is 1.99. The van der Waals surface area contributed by atoms with E-state index in [1.165, 1.54) is 0 Å². The van der Waals surface area contributed by atoms with Gasteiger partial charge in [-0.1, -0.05) is 6.07 Å². The molecule has 118 valence electrons. The van der Waals surface area contributed by atoms with Gasteiger partial charge >= 0.3 is 0 Å². The summed E-state index contributed by atoms with van der Waals surface area (Å²) in [7, 11) is 3.84. The molecule has 0 saturated carbocycles. The molecule has 0 atom stereocenters. The van der Waals surface area contributed by atoms with Crippen LogP contribution >= 0.6 is 0 Å². The van der Waals surface area contributed by atoms with Crippen LogP contribution in [0.4, 0.5) is 5.69 Å². The number of carbonyl (C=O) groups excluding carboxylic acids is 1. The second kappa shape index (κ2) is 6.75. The van der Waals surface area contributed by atoms with Gasteiger partial charge in [0.05, 0.1) is 12.2 Å². The van der Waals surface area contributed by atoms with Crippen LogP contribution in [-0.2, 0) is 18.4 Å². The minimum absolute atomic E-state index is 0.00552. The number of aryl methyl sites for hydroxylation is 4. The Balaban J connectivity index is 1.92. The standard InChI is InChI=1S/C17H24N4O/c1-12-6-13(2)8-16(7-12)18-17(22)11-20(4)9-15-10-21(5)19-14(15)3/h6-8,10H,9,11H2,1-5H3,(H,18,22). The average molecular weight is 300 g/mol. The van der Waals surface area contributed by atoms with Crippen LogP contribution in [0.15, 0.2) is 24.4 Å². The van der Waals surface area contributed by atoms with E-state index in [2.05, 4.69) is 16.5 Å². The van der Waals surface area contributed by atoms with E-state index < -0.39 is 0 Å². The molecule has 0 bridgehead atoms. The number of nitrogens with zero attached hydrogens (tertiary/aromatic N) is 3. The number of hydrogen-bond acceptors (Lipinski definition) is 3. The van der Waals surface area contributed by atoms with Gasteiger partial charge in [0.15, 0.2) is 0 Å². The summed E-state index contributed by atoms with van der Waals surface area (Å²) < 4.78 is 1.80. The molecular formula is C17H24N4O. The first-order chi connectivity index (χ1) is 10.3. The molecular weight excluding hydrogens is 276 g/mol. The van der Waals surface area contributed by atoms with E-state index in [0.717, 1.165) is 28.1 Å². The molecule has 22 heavy (non-hydrogen) atoms. The number of hydrogen-bond donors (Lipinski definition) is 1. The number of anilines is 1. The van der Waals surface area contributed by atoms with Crippen LogP contribution in [0.5, 0.6) is 0 Å². The number of benzene rings is 1. The van der Waals surface area contributed by atoms with Crippen LogP contribution in [0.3, 0.4) is 0 Å². The van der Waals surface area contributed by atoms with Crippen molar-refractivity contribution < 1.29 is 4.79 Å². The van der Waals surface area contributed by atoms with Gasteiger partial charge in [0.25, 0.3) is 0 Å². The Morgan fingerprint density at radius 1 is 1.23 bits per heavy atom. The number of aromatic nitrogens is 2.